The van der Waals surface area contributed by atoms with Crippen LogP contribution in [0.1, 0.15) is 51.9 Å². The topological polar surface area (TPSA) is 87.7 Å². The van der Waals surface area contributed by atoms with Gasteiger partial charge in [-0.05, 0) is 32.6 Å². The maximum absolute atomic E-state index is 12.1. The average molecular weight is 284 g/mol. The third-order valence-electron chi connectivity index (χ3n) is 4.31. The molecule has 1 aliphatic carbocycles. The summed E-state index contributed by atoms with van der Waals surface area (Å²) in [7, 11) is 0. The first-order valence-corrected chi connectivity index (χ1v) is 7.43. The van der Waals surface area contributed by atoms with Crippen LogP contribution in [0.3, 0.4) is 0 Å². The second-order valence-electron chi connectivity index (χ2n) is 6.00. The van der Waals surface area contributed by atoms with Crippen molar-refractivity contribution in [3.05, 3.63) is 0 Å². The lowest BCUT2D eigenvalue weighted by Gasteiger charge is -2.30. The van der Waals surface area contributed by atoms with Gasteiger partial charge in [-0.1, -0.05) is 12.8 Å². The number of ether oxygens (including phenoxy) is 1. The predicted octanol–water partition coefficient (Wildman–Crippen LogP) is 1.64. The van der Waals surface area contributed by atoms with Gasteiger partial charge >= 0.3 is 12.0 Å². The first kappa shape index (κ1) is 15.1. The van der Waals surface area contributed by atoms with Gasteiger partial charge in [-0.15, -0.1) is 0 Å². The predicted molar refractivity (Wildman–Crippen MR) is 73.6 cm³/mol. The summed E-state index contributed by atoms with van der Waals surface area (Å²) >= 11 is 0. The molecule has 1 heterocycles. The molecule has 0 aromatic heterocycles. The fraction of sp³-hybridized carbons (Fsp3) is 0.857. The highest BCUT2D eigenvalue weighted by Gasteiger charge is 2.38. The van der Waals surface area contributed by atoms with Gasteiger partial charge in [-0.2, -0.15) is 0 Å². The molecule has 2 unspecified atom stereocenters. The van der Waals surface area contributed by atoms with Gasteiger partial charge in [0.25, 0.3) is 0 Å². The van der Waals surface area contributed by atoms with Crippen molar-refractivity contribution in [1.82, 2.24) is 10.6 Å². The molecule has 0 aromatic rings. The van der Waals surface area contributed by atoms with Crippen LogP contribution in [0.15, 0.2) is 0 Å². The van der Waals surface area contributed by atoms with E-state index in [2.05, 4.69) is 10.6 Å². The minimum absolute atomic E-state index is 0.00523. The summed E-state index contributed by atoms with van der Waals surface area (Å²) < 4.78 is 5.54. The molecule has 1 saturated heterocycles. The van der Waals surface area contributed by atoms with E-state index in [0.717, 1.165) is 45.1 Å². The highest BCUT2D eigenvalue weighted by molar-refractivity contribution is 5.77. The average Bonchev–Trinajstić information content (AvgIpc) is 2.98. The van der Waals surface area contributed by atoms with Crippen LogP contribution in [0.2, 0.25) is 0 Å². The van der Waals surface area contributed by atoms with Crippen molar-refractivity contribution in [3.8, 4) is 0 Å². The fourth-order valence-corrected chi connectivity index (χ4v) is 3.26. The van der Waals surface area contributed by atoms with E-state index in [9.17, 15) is 9.59 Å². The molecule has 20 heavy (non-hydrogen) atoms. The second kappa shape index (κ2) is 6.43. The van der Waals surface area contributed by atoms with Crippen LogP contribution < -0.4 is 10.6 Å². The fourth-order valence-electron chi connectivity index (χ4n) is 3.26. The number of amides is 2. The molecule has 2 atom stereocenters. The zero-order valence-electron chi connectivity index (χ0n) is 12.0. The summed E-state index contributed by atoms with van der Waals surface area (Å²) in [5.41, 5.74) is -0.577. The number of hydrogen-bond acceptors (Lipinski definition) is 3. The second-order valence-corrected chi connectivity index (χ2v) is 6.00. The van der Waals surface area contributed by atoms with Gasteiger partial charge in [0, 0.05) is 6.61 Å². The number of aliphatic carboxylic acids is 1. The zero-order valence-corrected chi connectivity index (χ0v) is 12.0. The van der Waals surface area contributed by atoms with E-state index in [1.165, 1.54) is 0 Å². The Balaban J connectivity index is 1.86. The van der Waals surface area contributed by atoms with Gasteiger partial charge in [-0.3, -0.25) is 4.79 Å². The normalized spacial score (nSPS) is 26.1. The molecule has 0 spiro atoms. The number of urea groups is 1. The number of nitrogens with one attached hydrogen (secondary N) is 2. The standard InChI is InChI=1S/C14H24N2O4/c1-10(11-5-4-8-20-11)15-13(19)16-14(9-12(17)18)6-2-3-7-14/h10-11H,2-9H2,1H3,(H,17,18)(H2,15,16,19). The zero-order chi connectivity index (χ0) is 14.6. The molecule has 2 aliphatic rings. The lowest BCUT2D eigenvalue weighted by Crippen LogP contribution is -2.54. The first-order chi connectivity index (χ1) is 9.51. The first-order valence-electron chi connectivity index (χ1n) is 7.43. The third-order valence-corrected chi connectivity index (χ3v) is 4.31. The Hall–Kier alpha value is -1.30. The van der Waals surface area contributed by atoms with Crippen LogP contribution >= 0.6 is 0 Å². The molecule has 6 nitrogen and oxygen atoms in total. The van der Waals surface area contributed by atoms with E-state index in [4.69, 9.17) is 9.84 Å². The van der Waals surface area contributed by atoms with Crippen LogP contribution in [-0.4, -0.2) is 41.4 Å². The summed E-state index contributed by atoms with van der Waals surface area (Å²) in [5, 5.41) is 14.8. The van der Waals surface area contributed by atoms with E-state index < -0.39 is 11.5 Å². The number of rotatable bonds is 5. The summed E-state index contributed by atoms with van der Waals surface area (Å²) in [4.78, 5) is 23.1. The third kappa shape index (κ3) is 3.85. The Morgan fingerprint density at radius 2 is 2.05 bits per heavy atom. The van der Waals surface area contributed by atoms with E-state index in [-0.39, 0.29) is 24.6 Å². The van der Waals surface area contributed by atoms with Crippen molar-refractivity contribution < 1.29 is 19.4 Å². The van der Waals surface area contributed by atoms with Crippen LogP contribution in [0.25, 0.3) is 0 Å². The van der Waals surface area contributed by atoms with E-state index in [1.54, 1.807) is 0 Å². The Morgan fingerprint density at radius 1 is 1.35 bits per heavy atom. The summed E-state index contributed by atoms with van der Waals surface area (Å²) in [5.74, 6) is -0.862. The highest BCUT2D eigenvalue weighted by atomic mass is 16.5. The molecule has 6 heteroatoms. The van der Waals surface area contributed by atoms with Crippen molar-refractivity contribution >= 4 is 12.0 Å². The summed E-state index contributed by atoms with van der Waals surface area (Å²) in [6, 6.07) is -0.336. The van der Waals surface area contributed by atoms with Crippen molar-refractivity contribution in [2.75, 3.05) is 6.61 Å². The molecule has 0 radical (unpaired) electrons. The van der Waals surface area contributed by atoms with Crippen molar-refractivity contribution in [3.63, 3.8) is 0 Å². The van der Waals surface area contributed by atoms with E-state index in [1.807, 2.05) is 6.92 Å². The minimum atomic E-state index is -0.862. The number of carboxylic acids is 1. The molecule has 2 rings (SSSR count). The molecule has 0 bridgehead atoms. The van der Waals surface area contributed by atoms with Gasteiger partial charge in [-0.25, -0.2) is 4.79 Å². The highest BCUT2D eigenvalue weighted by Crippen LogP contribution is 2.32. The largest absolute Gasteiger partial charge is 0.481 e. The van der Waals surface area contributed by atoms with Gasteiger partial charge in [0.2, 0.25) is 0 Å². The lowest BCUT2D eigenvalue weighted by molar-refractivity contribution is -0.138. The lowest BCUT2D eigenvalue weighted by atomic mass is 9.93. The SMILES string of the molecule is CC(NC(=O)NC1(CC(=O)O)CCCC1)C1CCCO1. The van der Waals surface area contributed by atoms with E-state index in [0.29, 0.717) is 0 Å². The molecular weight excluding hydrogens is 260 g/mol. The Morgan fingerprint density at radius 3 is 2.60 bits per heavy atom. The number of carbonyl (C=O) groups excluding carboxylic acids is 1. The molecule has 2 fully saturated rings. The molecule has 2 amide bonds. The van der Waals surface area contributed by atoms with Gasteiger partial charge in [0.05, 0.1) is 24.1 Å². The van der Waals surface area contributed by atoms with Crippen molar-refractivity contribution in [2.45, 2.75) is 69.6 Å². The van der Waals surface area contributed by atoms with Gasteiger partial charge < -0.3 is 20.5 Å². The summed E-state index contributed by atoms with van der Waals surface area (Å²) in [6.45, 7) is 2.68. The van der Waals surface area contributed by atoms with Gasteiger partial charge in [0.15, 0.2) is 0 Å². The smallest absolute Gasteiger partial charge is 0.315 e. The Bertz CT molecular complexity index is 360. The maximum atomic E-state index is 12.1. The van der Waals surface area contributed by atoms with Gasteiger partial charge in [0.1, 0.15) is 0 Å². The number of carbonyl (C=O) groups is 2. The monoisotopic (exact) mass is 284 g/mol. The van der Waals surface area contributed by atoms with Crippen molar-refractivity contribution in [1.29, 1.82) is 0 Å². The maximum Gasteiger partial charge on any atom is 0.315 e. The molecule has 1 saturated carbocycles. The van der Waals surface area contributed by atoms with Crippen LogP contribution in [0.5, 0.6) is 0 Å². The molecule has 0 aromatic carbocycles. The van der Waals surface area contributed by atoms with Crippen molar-refractivity contribution in [2.24, 2.45) is 0 Å². The number of hydrogen-bond donors (Lipinski definition) is 3. The number of carboxylic acid groups (broad SMARTS) is 1. The van der Waals surface area contributed by atoms with Crippen LogP contribution in [0.4, 0.5) is 4.79 Å². The Labute approximate surface area is 119 Å². The molecular formula is C14H24N2O4. The molecule has 114 valence electrons. The molecule has 1 aliphatic heterocycles. The molecule has 3 N–H and O–H groups in total. The van der Waals surface area contributed by atoms with Crippen LogP contribution in [-0.2, 0) is 9.53 Å². The van der Waals surface area contributed by atoms with E-state index >= 15 is 0 Å². The quantitative estimate of drug-likeness (QED) is 0.716. The summed E-state index contributed by atoms with van der Waals surface area (Å²) in [6.07, 6.45) is 5.46. The Kier molecular flexibility index (Phi) is 4.86. The minimum Gasteiger partial charge on any atom is -0.481 e. The van der Waals surface area contributed by atoms with Crippen LogP contribution in [0, 0.1) is 0 Å².